The van der Waals surface area contributed by atoms with Crippen molar-refractivity contribution >= 4 is 40.9 Å². The van der Waals surface area contributed by atoms with Gasteiger partial charge in [-0.2, -0.15) is 0 Å². The SMILES string of the molecule is COc1ccc(Cl)c(Cl)c1C(=O)CCCCN1CCC2(CC1)NC(=O)NC2=O. The third kappa shape index (κ3) is 4.26. The maximum Gasteiger partial charge on any atom is 0.322 e. The molecule has 152 valence electrons. The zero-order valence-electron chi connectivity index (χ0n) is 15.6. The molecule has 0 radical (unpaired) electrons. The van der Waals surface area contributed by atoms with Crippen LogP contribution in [0, 0.1) is 0 Å². The fourth-order valence-electron chi connectivity index (χ4n) is 3.75. The normalized spacial score (nSPS) is 18.8. The van der Waals surface area contributed by atoms with Gasteiger partial charge in [0.05, 0.1) is 22.7 Å². The first-order chi connectivity index (χ1) is 13.4. The molecule has 2 fully saturated rings. The van der Waals surface area contributed by atoms with Crippen LogP contribution in [-0.4, -0.2) is 54.9 Å². The summed E-state index contributed by atoms with van der Waals surface area (Å²) in [6.07, 6.45) is 3.10. The number of hydrogen-bond acceptors (Lipinski definition) is 5. The second kappa shape index (κ2) is 8.68. The molecule has 0 bridgehead atoms. The molecule has 0 aliphatic carbocycles. The van der Waals surface area contributed by atoms with E-state index in [1.807, 2.05) is 0 Å². The van der Waals surface area contributed by atoms with Crippen molar-refractivity contribution in [2.24, 2.45) is 0 Å². The average Bonchev–Trinajstić information content (AvgIpc) is 2.95. The van der Waals surface area contributed by atoms with Gasteiger partial charge >= 0.3 is 6.03 Å². The summed E-state index contributed by atoms with van der Waals surface area (Å²) >= 11 is 12.2. The number of unbranched alkanes of at least 4 members (excludes halogenated alkanes) is 1. The second-order valence-electron chi connectivity index (χ2n) is 7.15. The van der Waals surface area contributed by atoms with Gasteiger partial charge in [-0.1, -0.05) is 23.2 Å². The third-order valence-electron chi connectivity index (χ3n) is 5.41. The Bertz CT molecular complexity index is 792. The van der Waals surface area contributed by atoms with Crippen LogP contribution in [0.5, 0.6) is 5.75 Å². The van der Waals surface area contributed by atoms with Gasteiger partial charge in [0.25, 0.3) is 5.91 Å². The number of urea groups is 1. The van der Waals surface area contributed by atoms with E-state index in [1.54, 1.807) is 12.1 Å². The predicted molar refractivity (Wildman–Crippen MR) is 106 cm³/mol. The molecule has 1 aromatic rings. The van der Waals surface area contributed by atoms with Gasteiger partial charge in [0, 0.05) is 19.5 Å². The van der Waals surface area contributed by atoms with E-state index in [4.69, 9.17) is 27.9 Å². The van der Waals surface area contributed by atoms with Crippen molar-refractivity contribution < 1.29 is 19.1 Å². The number of methoxy groups -OCH3 is 1. The number of hydrogen-bond donors (Lipinski definition) is 2. The summed E-state index contributed by atoms with van der Waals surface area (Å²) in [5.41, 5.74) is -0.414. The molecule has 2 saturated heterocycles. The molecule has 0 unspecified atom stereocenters. The van der Waals surface area contributed by atoms with Gasteiger partial charge in [-0.3, -0.25) is 14.9 Å². The summed E-state index contributed by atoms with van der Waals surface area (Å²) < 4.78 is 5.23. The monoisotopic (exact) mass is 427 g/mol. The van der Waals surface area contributed by atoms with Crippen molar-refractivity contribution in [1.29, 1.82) is 0 Å². The summed E-state index contributed by atoms with van der Waals surface area (Å²) in [6, 6.07) is 2.84. The number of nitrogens with zero attached hydrogens (tertiary/aromatic N) is 1. The van der Waals surface area contributed by atoms with E-state index < -0.39 is 11.6 Å². The van der Waals surface area contributed by atoms with Crippen molar-refractivity contribution in [1.82, 2.24) is 15.5 Å². The molecule has 1 spiro atoms. The number of benzene rings is 1. The minimum Gasteiger partial charge on any atom is -0.496 e. The Kier molecular flexibility index (Phi) is 6.47. The molecule has 1 aromatic carbocycles. The quantitative estimate of drug-likeness (QED) is 0.396. The van der Waals surface area contributed by atoms with Gasteiger partial charge < -0.3 is 15.0 Å². The van der Waals surface area contributed by atoms with Crippen LogP contribution < -0.4 is 15.4 Å². The first-order valence-electron chi connectivity index (χ1n) is 9.27. The van der Waals surface area contributed by atoms with Gasteiger partial charge in [-0.25, -0.2) is 4.79 Å². The number of likely N-dealkylation sites (tertiary alicyclic amines) is 1. The topological polar surface area (TPSA) is 87.7 Å². The minimum atomic E-state index is -0.747. The highest BCUT2D eigenvalue weighted by Gasteiger charge is 2.47. The molecule has 7 nitrogen and oxygen atoms in total. The lowest BCUT2D eigenvalue weighted by molar-refractivity contribution is -0.125. The summed E-state index contributed by atoms with van der Waals surface area (Å²) in [6.45, 7) is 2.30. The van der Waals surface area contributed by atoms with E-state index >= 15 is 0 Å². The number of carbonyl (C=O) groups excluding carboxylic acids is 3. The molecule has 0 aromatic heterocycles. The Morgan fingerprint density at radius 3 is 2.54 bits per heavy atom. The number of piperidine rings is 1. The Hall–Kier alpha value is -1.83. The van der Waals surface area contributed by atoms with E-state index in [0.717, 1.165) is 26.1 Å². The number of ketones is 1. The average molecular weight is 428 g/mol. The van der Waals surface area contributed by atoms with Gasteiger partial charge in [0.15, 0.2) is 5.78 Å². The lowest BCUT2D eigenvalue weighted by atomic mass is 9.87. The summed E-state index contributed by atoms with van der Waals surface area (Å²) in [5, 5.41) is 5.63. The molecule has 2 aliphatic rings. The highest BCUT2D eigenvalue weighted by molar-refractivity contribution is 6.44. The molecular formula is C19H23Cl2N3O4. The van der Waals surface area contributed by atoms with Crippen molar-refractivity contribution in [3.05, 3.63) is 27.7 Å². The van der Waals surface area contributed by atoms with Gasteiger partial charge in [0.1, 0.15) is 11.3 Å². The third-order valence-corrected chi connectivity index (χ3v) is 6.21. The molecule has 2 heterocycles. The summed E-state index contributed by atoms with van der Waals surface area (Å²) in [7, 11) is 1.49. The number of carbonyl (C=O) groups is 3. The van der Waals surface area contributed by atoms with Crippen LogP contribution >= 0.6 is 23.2 Å². The van der Waals surface area contributed by atoms with Crippen molar-refractivity contribution in [3.8, 4) is 5.75 Å². The van der Waals surface area contributed by atoms with E-state index in [2.05, 4.69) is 15.5 Å². The number of Topliss-reactive ketones (excluding diaryl/α,β-unsaturated/α-hetero) is 1. The summed E-state index contributed by atoms with van der Waals surface area (Å²) in [4.78, 5) is 38.2. The molecule has 2 aliphatic heterocycles. The largest absolute Gasteiger partial charge is 0.496 e. The molecule has 0 saturated carbocycles. The Labute approximate surface area is 173 Å². The smallest absolute Gasteiger partial charge is 0.322 e. The number of imide groups is 1. The van der Waals surface area contributed by atoms with E-state index in [9.17, 15) is 14.4 Å². The number of amides is 3. The minimum absolute atomic E-state index is 0.0905. The number of halogens is 2. The standard InChI is InChI=1S/C19H23Cl2N3O4/c1-28-14-6-5-12(20)16(21)15(14)13(25)4-2-3-9-24-10-7-19(8-11-24)17(26)22-18(27)23-19/h5-6H,2-4,7-11H2,1H3,(H2,22,23,26,27). The fourth-order valence-corrected chi connectivity index (χ4v) is 4.17. The molecule has 2 N–H and O–H groups in total. The Morgan fingerprint density at radius 2 is 1.93 bits per heavy atom. The molecule has 28 heavy (non-hydrogen) atoms. The first-order valence-corrected chi connectivity index (χ1v) is 10.0. The van der Waals surface area contributed by atoms with Crippen LogP contribution in [-0.2, 0) is 4.79 Å². The maximum atomic E-state index is 12.6. The molecule has 3 rings (SSSR count). The van der Waals surface area contributed by atoms with Crippen molar-refractivity contribution in [2.75, 3.05) is 26.7 Å². The highest BCUT2D eigenvalue weighted by atomic mass is 35.5. The number of rotatable bonds is 7. The van der Waals surface area contributed by atoms with Crippen molar-refractivity contribution in [3.63, 3.8) is 0 Å². The van der Waals surface area contributed by atoms with E-state index in [0.29, 0.717) is 42.0 Å². The predicted octanol–water partition coefficient (Wildman–Crippen LogP) is 3.03. The Balaban J connectivity index is 1.45. The highest BCUT2D eigenvalue weighted by Crippen LogP contribution is 2.34. The molecule has 0 atom stereocenters. The molecule has 9 heteroatoms. The van der Waals surface area contributed by atoms with E-state index in [-0.39, 0.29) is 16.7 Å². The van der Waals surface area contributed by atoms with Gasteiger partial charge in [-0.15, -0.1) is 0 Å². The van der Waals surface area contributed by atoms with Crippen LogP contribution in [0.15, 0.2) is 12.1 Å². The number of ether oxygens (including phenoxy) is 1. The lowest BCUT2D eigenvalue weighted by Gasteiger charge is -2.36. The van der Waals surface area contributed by atoms with Gasteiger partial charge in [-0.05, 0) is 44.4 Å². The van der Waals surface area contributed by atoms with Crippen molar-refractivity contribution in [2.45, 2.75) is 37.6 Å². The first kappa shape index (κ1) is 20.9. The van der Waals surface area contributed by atoms with Crippen LogP contribution in [0.25, 0.3) is 0 Å². The summed E-state index contributed by atoms with van der Waals surface area (Å²) in [5.74, 6) is 0.111. The fraction of sp³-hybridized carbons (Fsp3) is 0.526. The number of nitrogens with one attached hydrogen (secondary N) is 2. The maximum absolute atomic E-state index is 12.6. The zero-order chi connectivity index (χ0) is 20.3. The molecule has 3 amide bonds. The lowest BCUT2D eigenvalue weighted by Crippen LogP contribution is -2.54. The van der Waals surface area contributed by atoms with Crippen LogP contribution in [0.4, 0.5) is 4.79 Å². The zero-order valence-corrected chi connectivity index (χ0v) is 17.2. The Morgan fingerprint density at radius 1 is 1.21 bits per heavy atom. The van der Waals surface area contributed by atoms with Crippen LogP contribution in [0.1, 0.15) is 42.5 Å². The molecular weight excluding hydrogens is 405 g/mol. The van der Waals surface area contributed by atoms with Crippen LogP contribution in [0.3, 0.4) is 0 Å². The second-order valence-corrected chi connectivity index (χ2v) is 7.94. The van der Waals surface area contributed by atoms with E-state index in [1.165, 1.54) is 7.11 Å². The van der Waals surface area contributed by atoms with Crippen LogP contribution in [0.2, 0.25) is 10.0 Å². The van der Waals surface area contributed by atoms with Gasteiger partial charge in [0.2, 0.25) is 0 Å².